The van der Waals surface area contributed by atoms with Gasteiger partial charge in [-0.15, -0.1) is 11.3 Å². The molecule has 14 heavy (non-hydrogen) atoms. The SMILES string of the molecule is CC(C)Cc1csc(C2(C#N)CC2)n1. The Hall–Kier alpha value is -0.880. The summed E-state index contributed by atoms with van der Waals surface area (Å²) in [5, 5.41) is 12.2. The van der Waals surface area contributed by atoms with E-state index in [-0.39, 0.29) is 5.41 Å². The van der Waals surface area contributed by atoms with Gasteiger partial charge in [-0.2, -0.15) is 5.26 Å². The van der Waals surface area contributed by atoms with Crippen LogP contribution in [0.5, 0.6) is 0 Å². The highest BCUT2D eigenvalue weighted by Crippen LogP contribution is 2.48. The molecule has 0 saturated heterocycles. The molecule has 74 valence electrons. The topological polar surface area (TPSA) is 36.7 Å². The Labute approximate surface area is 88.6 Å². The van der Waals surface area contributed by atoms with Gasteiger partial charge in [-0.05, 0) is 25.2 Å². The van der Waals surface area contributed by atoms with E-state index in [0.29, 0.717) is 5.92 Å². The van der Waals surface area contributed by atoms with Crippen molar-refractivity contribution < 1.29 is 0 Å². The van der Waals surface area contributed by atoms with E-state index in [0.717, 1.165) is 30.0 Å². The maximum atomic E-state index is 9.02. The van der Waals surface area contributed by atoms with Crippen LogP contribution in [0.25, 0.3) is 0 Å². The summed E-state index contributed by atoms with van der Waals surface area (Å²) in [6.45, 7) is 4.38. The molecule has 1 heterocycles. The molecule has 0 unspecified atom stereocenters. The van der Waals surface area contributed by atoms with Crippen molar-refractivity contribution in [3.8, 4) is 6.07 Å². The number of nitrogens with zero attached hydrogens (tertiary/aromatic N) is 2. The first kappa shape index (κ1) is 9.67. The number of aromatic nitrogens is 1. The van der Waals surface area contributed by atoms with Crippen LogP contribution in [0.3, 0.4) is 0 Å². The summed E-state index contributed by atoms with van der Waals surface area (Å²) in [6.07, 6.45) is 3.02. The maximum absolute atomic E-state index is 9.02. The molecular weight excluding hydrogens is 192 g/mol. The molecule has 0 bridgehead atoms. The van der Waals surface area contributed by atoms with Crippen LogP contribution in [-0.2, 0) is 11.8 Å². The van der Waals surface area contributed by atoms with Crippen LogP contribution in [0.15, 0.2) is 5.38 Å². The van der Waals surface area contributed by atoms with Crippen LogP contribution < -0.4 is 0 Å². The van der Waals surface area contributed by atoms with Gasteiger partial charge in [0.05, 0.1) is 11.8 Å². The monoisotopic (exact) mass is 206 g/mol. The quantitative estimate of drug-likeness (QED) is 0.762. The second-order valence-corrected chi connectivity index (χ2v) is 5.29. The third kappa shape index (κ3) is 1.67. The third-order valence-electron chi connectivity index (χ3n) is 2.54. The van der Waals surface area contributed by atoms with Gasteiger partial charge in [0, 0.05) is 5.38 Å². The van der Waals surface area contributed by atoms with Crippen molar-refractivity contribution >= 4 is 11.3 Å². The number of rotatable bonds is 3. The Morgan fingerprint density at radius 1 is 1.64 bits per heavy atom. The van der Waals surface area contributed by atoms with Crippen molar-refractivity contribution in [3.63, 3.8) is 0 Å². The summed E-state index contributed by atoms with van der Waals surface area (Å²) < 4.78 is 0. The summed E-state index contributed by atoms with van der Waals surface area (Å²) in [4.78, 5) is 4.55. The van der Waals surface area contributed by atoms with Crippen LogP contribution in [0.4, 0.5) is 0 Å². The van der Waals surface area contributed by atoms with E-state index in [1.807, 2.05) is 0 Å². The molecule has 2 rings (SSSR count). The predicted molar refractivity (Wildman–Crippen MR) is 57.2 cm³/mol. The first-order valence-corrected chi connectivity index (χ1v) is 5.90. The highest BCUT2D eigenvalue weighted by Gasteiger charge is 2.47. The lowest BCUT2D eigenvalue weighted by Gasteiger charge is -2.00. The van der Waals surface area contributed by atoms with Crippen molar-refractivity contribution in [3.05, 3.63) is 16.1 Å². The largest absolute Gasteiger partial charge is 0.245 e. The lowest BCUT2D eigenvalue weighted by molar-refractivity contribution is 0.635. The van der Waals surface area contributed by atoms with Gasteiger partial charge in [-0.25, -0.2) is 4.98 Å². The summed E-state index contributed by atoms with van der Waals surface area (Å²) in [6, 6.07) is 2.38. The van der Waals surface area contributed by atoms with Crippen LogP contribution >= 0.6 is 11.3 Å². The minimum absolute atomic E-state index is 0.195. The molecule has 1 fully saturated rings. The summed E-state index contributed by atoms with van der Waals surface area (Å²) in [7, 11) is 0. The van der Waals surface area contributed by atoms with Crippen LogP contribution in [0.1, 0.15) is 37.4 Å². The number of nitriles is 1. The van der Waals surface area contributed by atoms with E-state index in [4.69, 9.17) is 5.26 Å². The fraction of sp³-hybridized carbons (Fsp3) is 0.636. The molecule has 0 spiro atoms. The summed E-state index contributed by atoms with van der Waals surface area (Å²) >= 11 is 1.65. The predicted octanol–water partition coefficient (Wildman–Crippen LogP) is 2.90. The van der Waals surface area contributed by atoms with Crippen LogP contribution in [-0.4, -0.2) is 4.98 Å². The summed E-state index contributed by atoms with van der Waals surface area (Å²) in [5.41, 5.74) is 0.960. The summed E-state index contributed by atoms with van der Waals surface area (Å²) in [5.74, 6) is 0.641. The lowest BCUT2D eigenvalue weighted by Crippen LogP contribution is -2.02. The van der Waals surface area contributed by atoms with E-state index >= 15 is 0 Å². The van der Waals surface area contributed by atoms with Crippen molar-refractivity contribution in [1.82, 2.24) is 4.98 Å². The molecule has 0 atom stereocenters. The molecule has 1 saturated carbocycles. The fourth-order valence-electron chi connectivity index (χ4n) is 1.54. The van der Waals surface area contributed by atoms with Crippen LogP contribution in [0.2, 0.25) is 0 Å². The Morgan fingerprint density at radius 3 is 2.86 bits per heavy atom. The zero-order valence-corrected chi connectivity index (χ0v) is 9.40. The molecule has 0 aliphatic heterocycles. The molecule has 0 N–H and O–H groups in total. The minimum Gasteiger partial charge on any atom is -0.245 e. The van der Waals surface area contributed by atoms with Gasteiger partial charge in [0.15, 0.2) is 0 Å². The number of thiazole rings is 1. The molecule has 1 aromatic heterocycles. The molecule has 0 radical (unpaired) electrons. The molecule has 0 amide bonds. The zero-order chi connectivity index (χ0) is 10.2. The molecule has 3 heteroatoms. The first-order chi connectivity index (χ1) is 6.66. The van der Waals surface area contributed by atoms with Crippen molar-refractivity contribution in [1.29, 1.82) is 5.26 Å². The molecule has 1 aliphatic carbocycles. The lowest BCUT2D eigenvalue weighted by atomic mass is 10.1. The van der Waals surface area contributed by atoms with Gasteiger partial charge in [0.25, 0.3) is 0 Å². The van der Waals surface area contributed by atoms with E-state index in [9.17, 15) is 0 Å². The van der Waals surface area contributed by atoms with E-state index in [1.54, 1.807) is 11.3 Å². The maximum Gasteiger partial charge on any atom is 0.113 e. The Morgan fingerprint density at radius 2 is 2.36 bits per heavy atom. The fourth-order valence-corrected chi connectivity index (χ4v) is 2.58. The van der Waals surface area contributed by atoms with E-state index < -0.39 is 0 Å². The highest BCUT2D eigenvalue weighted by molar-refractivity contribution is 7.09. The van der Waals surface area contributed by atoms with Gasteiger partial charge in [0.2, 0.25) is 0 Å². The Bertz CT molecular complexity index is 369. The van der Waals surface area contributed by atoms with Gasteiger partial charge < -0.3 is 0 Å². The van der Waals surface area contributed by atoms with Crippen LogP contribution in [0, 0.1) is 17.2 Å². The van der Waals surface area contributed by atoms with Crippen molar-refractivity contribution in [2.45, 2.75) is 38.5 Å². The van der Waals surface area contributed by atoms with Gasteiger partial charge in [-0.3, -0.25) is 0 Å². The molecule has 0 aromatic carbocycles. The molecule has 2 nitrogen and oxygen atoms in total. The third-order valence-corrected chi connectivity index (χ3v) is 3.64. The smallest absolute Gasteiger partial charge is 0.113 e. The number of hydrogen-bond acceptors (Lipinski definition) is 3. The average molecular weight is 206 g/mol. The minimum atomic E-state index is -0.195. The highest BCUT2D eigenvalue weighted by atomic mass is 32.1. The molecule has 1 aromatic rings. The van der Waals surface area contributed by atoms with Gasteiger partial charge in [-0.1, -0.05) is 13.8 Å². The van der Waals surface area contributed by atoms with Crippen molar-refractivity contribution in [2.75, 3.05) is 0 Å². The number of hydrogen-bond donors (Lipinski definition) is 0. The van der Waals surface area contributed by atoms with Gasteiger partial charge >= 0.3 is 0 Å². The van der Waals surface area contributed by atoms with E-state index in [2.05, 4.69) is 30.3 Å². The van der Waals surface area contributed by atoms with Crippen molar-refractivity contribution in [2.24, 2.45) is 5.92 Å². The first-order valence-electron chi connectivity index (χ1n) is 5.02. The standard InChI is InChI=1S/C11H14N2S/c1-8(2)5-9-6-14-10(13-9)11(7-12)3-4-11/h6,8H,3-5H2,1-2H3. The average Bonchev–Trinajstić information content (AvgIpc) is 2.81. The molecule has 1 aliphatic rings. The van der Waals surface area contributed by atoms with Gasteiger partial charge in [0.1, 0.15) is 10.4 Å². The second kappa shape index (κ2) is 3.36. The van der Waals surface area contributed by atoms with E-state index in [1.165, 1.54) is 0 Å². The Balaban J connectivity index is 2.15. The second-order valence-electron chi connectivity index (χ2n) is 4.44. The Kier molecular flexibility index (Phi) is 2.32. The molecular formula is C11H14N2S. The normalized spacial score (nSPS) is 18.1. The zero-order valence-electron chi connectivity index (χ0n) is 8.58.